The highest BCUT2D eigenvalue weighted by molar-refractivity contribution is 7.89. The molecule has 0 unspecified atom stereocenters. The van der Waals surface area contributed by atoms with Crippen LogP contribution in [-0.2, 0) is 10.0 Å². The molecule has 0 saturated heterocycles. The molecule has 8 heteroatoms. The van der Waals surface area contributed by atoms with E-state index in [4.69, 9.17) is 0 Å². The van der Waals surface area contributed by atoms with Gasteiger partial charge in [0.15, 0.2) is 0 Å². The second-order valence-electron chi connectivity index (χ2n) is 4.48. The summed E-state index contributed by atoms with van der Waals surface area (Å²) in [6, 6.07) is 13.7. The van der Waals surface area contributed by atoms with E-state index in [9.17, 15) is 17.2 Å². The van der Waals surface area contributed by atoms with E-state index in [1.165, 1.54) is 37.3 Å². The number of sulfonamides is 1. The molecule has 0 aromatic heterocycles. The van der Waals surface area contributed by atoms with Gasteiger partial charge in [-0.25, -0.2) is 0 Å². The van der Waals surface area contributed by atoms with Crippen LogP contribution < -0.4 is 9.57 Å². The highest BCUT2D eigenvalue weighted by atomic mass is 32.2. The summed E-state index contributed by atoms with van der Waals surface area (Å²) in [4.78, 5) is 2.12. The zero-order valence-electron chi connectivity index (χ0n) is 12.1. The molecule has 0 aliphatic carbocycles. The molecule has 5 nitrogen and oxygen atoms in total. The number of nitrogens with one attached hydrogen (secondary N) is 1. The van der Waals surface area contributed by atoms with Crippen LogP contribution in [0.1, 0.15) is 12.5 Å². The van der Waals surface area contributed by atoms with Crippen LogP contribution in [0.25, 0.3) is 0 Å². The summed E-state index contributed by atoms with van der Waals surface area (Å²) in [5.41, 5.74) is 0.462. The van der Waals surface area contributed by atoms with E-state index < -0.39 is 16.6 Å². The average molecular weight is 340 g/mol. The van der Waals surface area contributed by atoms with E-state index in [0.29, 0.717) is 0 Å². The number of hydrogen-bond donors (Lipinski definition) is 1. The SMILES string of the molecule is C/C(=N\NS(=O)(=O)c1ccccc1)c1ccccc1OC(F)F. The van der Waals surface area contributed by atoms with Gasteiger partial charge >= 0.3 is 6.61 Å². The van der Waals surface area contributed by atoms with E-state index >= 15 is 0 Å². The highest BCUT2D eigenvalue weighted by Crippen LogP contribution is 2.21. The zero-order valence-corrected chi connectivity index (χ0v) is 12.9. The fourth-order valence-electron chi connectivity index (χ4n) is 1.81. The molecule has 0 amide bonds. The first kappa shape index (κ1) is 16.9. The van der Waals surface area contributed by atoms with Crippen molar-refractivity contribution in [2.75, 3.05) is 0 Å². The van der Waals surface area contributed by atoms with E-state index in [-0.39, 0.29) is 21.9 Å². The lowest BCUT2D eigenvalue weighted by Gasteiger charge is -2.10. The molecule has 0 saturated carbocycles. The molecule has 2 rings (SSSR count). The van der Waals surface area contributed by atoms with E-state index in [2.05, 4.69) is 14.7 Å². The number of nitrogens with zero attached hydrogens (tertiary/aromatic N) is 1. The first-order valence-electron chi connectivity index (χ1n) is 6.55. The van der Waals surface area contributed by atoms with Gasteiger partial charge in [0.1, 0.15) is 5.75 Å². The van der Waals surface area contributed by atoms with Crippen molar-refractivity contribution in [3.05, 3.63) is 60.2 Å². The number of para-hydroxylation sites is 1. The normalized spacial score (nSPS) is 12.3. The second kappa shape index (κ2) is 7.19. The second-order valence-corrected chi connectivity index (χ2v) is 6.14. The molecule has 0 bridgehead atoms. The van der Waals surface area contributed by atoms with Gasteiger partial charge in [0, 0.05) is 5.56 Å². The van der Waals surface area contributed by atoms with Crippen molar-refractivity contribution in [3.63, 3.8) is 0 Å². The Balaban J connectivity index is 2.24. The van der Waals surface area contributed by atoms with Crippen LogP contribution in [0, 0.1) is 0 Å². The van der Waals surface area contributed by atoms with Gasteiger partial charge in [-0.2, -0.15) is 27.1 Å². The number of benzene rings is 2. The maximum absolute atomic E-state index is 12.4. The maximum Gasteiger partial charge on any atom is 0.387 e. The molecule has 0 aliphatic rings. The Kier molecular flexibility index (Phi) is 5.28. The maximum atomic E-state index is 12.4. The Morgan fingerprint density at radius 3 is 2.35 bits per heavy atom. The van der Waals surface area contributed by atoms with Gasteiger partial charge in [-0.15, -0.1) is 0 Å². The first-order valence-corrected chi connectivity index (χ1v) is 8.04. The van der Waals surface area contributed by atoms with Crippen molar-refractivity contribution in [1.29, 1.82) is 0 Å². The first-order chi connectivity index (χ1) is 10.9. The third-order valence-corrected chi connectivity index (χ3v) is 4.10. The molecule has 0 aliphatic heterocycles. The lowest BCUT2D eigenvalue weighted by Crippen LogP contribution is -2.20. The van der Waals surface area contributed by atoms with Crippen LogP contribution in [0.15, 0.2) is 64.6 Å². The van der Waals surface area contributed by atoms with Gasteiger partial charge < -0.3 is 4.74 Å². The molecular formula is C15H14F2N2O3S. The summed E-state index contributed by atoms with van der Waals surface area (Å²) in [6.45, 7) is -1.49. The van der Waals surface area contributed by atoms with Gasteiger partial charge in [-0.3, -0.25) is 0 Å². The average Bonchev–Trinajstić information content (AvgIpc) is 2.53. The number of hydrogen-bond acceptors (Lipinski definition) is 4. The fraction of sp³-hybridized carbons (Fsp3) is 0.133. The molecule has 0 fully saturated rings. The predicted octanol–water partition coefficient (Wildman–Crippen LogP) is 2.99. The third kappa shape index (κ3) is 4.49. The predicted molar refractivity (Wildman–Crippen MR) is 82.0 cm³/mol. The molecule has 122 valence electrons. The van der Waals surface area contributed by atoms with Gasteiger partial charge in [-0.05, 0) is 31.2 Å². The zero-order chi connectivity index (χ0) is 16.9. The van der Waals surface area contributed by atoms with Crippen molar-refractivity contribution >= 4 is 15.7 Å². The van der Waals surface area contributed by atoms with Gasteiger partial charge in [-0.1, -0.05) is 30.3 Å². The van der Waals surface area contributed by atoms with E-state index in [1.807, 2.05) is 0 Å². The smallest absolute Gasteiger partial charge is 0.387 e. The van der Waals surface area contributed by atoms with Gasteiger partial charge in [0.05, 0.1) is 10.6 Å². The van der Waals surface area contributed by atoms with Crippen molar-refractivity contribution in [3.8, 4) is 5.75 Å². The molecule has 1 N–H and O–H groups in total. The van der Waals surface area contributed by atoms with Crippen molar-refractivity contribution in [2.24, 2.45) is 5.10 Å². The minimum absolute atomic E-state index is 0.0497. The Labute approximate surface area is 132 Å². The van der Waals surface area contributed by atoms with E-state index in [1.54, 1.807) is 24.3 Å². The molecule has 2 aromatic rings. The Hall–Kier alpha value is -2.48. The summed E-state index contributed by atoms with van der Waals surface area (Å²) >= 11 is 0. The number of halogens is 2. The number of hydrazone groups is 1. The Bertz CT molecular complexity index is 793. The molecule has 23 heavy (non-hydrogen) atoms. The highest BCUT2D eigenvalue weighted by Gasteiger charge is 2.14. The lowest BCUT2D eigenvalue weighted by atomic mass is 10.1. The number of rotatable bonds is 6. The minimum Gasteiger partial charge on any atom is -0.434 e. The van der Waals surface area contributed by atoms with Crippen molar-refractivity contribution in [1.82, 2.24) is 4.83 Å². The van der Waals surface area contributed by atoms with Crippen molar-refractivity contribution in [2.45, 2.75) is 18.4 Å². The van der Waals surface area contributed by atoms with Gasteiger partial charge in [0.25, 0.3) is 10.0 Å². The molecule has 0 heterocycles. The Morgan fingerprint density at radius 2 is 1.70 bits per heavy atom. The molecule has 2 aromatic carbocycles. The minimum atomic E-state index is -3.83. The largest absolute Gasteiger partial charge is 0.434 e. The van der Waals surface area contributed by atoms with Crippen LogP contribution in [-0.4, -0.2) is 20.7 Å². The molecule has 0 atom stereocenters. The Morgan fingerprint density at radius 1 is 1.09 bits per heavy atom. The molecular weight excluding hydrogens is 326 g/mol. The van der Waals surface area contributed by atoms with Crippen LogP contribution >= 0.6 is 0 Å². The molecule has 0 radical (unpaired) electrons. The number of alkyl halides is 2. The quantitative estimate of drug-likeness (QED) is 0.649. The van der Waals surface area contributed by atoms with Crippen LogP contribution in [0.2, 0.25) is 0 Å². The topological polar surface area (TPSA) is 67.8 Å². The van der Waals surface area contributed by atoms with Gasteiger partial charge in [0.2, 0.25) is 0 Å². The summed E-state index contributed by atoms with van der Waals surface area (Å²) in [5, 5.41) is 3.76. The van der Waals surface area contributed by atoms with E-state index in [0.717, 1.165) is 0 Å². The lowest BCUT2D eigenvalue weighted by molar-refractivity contribution is -0.0499. The number of ether oxygens (including phenoxy) is 1. The summed E-state index contributed by atoms with van der Waals surface area (Å²) in [5.74, 6) is -0.0809. The van der Waals surface area contributed by atoms with Crippen LogP contribution in [0.3, 0.4) is 0 Å². The molecule has 0 spiro atoms. The monoisotopic (exact) mass is 340 g/mol. The fourth-order valence-corrected chi connectivity index (χ4v) is 2.68. The van der Waals surface area contributed by atoms with Crippen LogP contribution in [0.5, 0.6) is 5.75 Å². The third-order valence-electron chi connectivity index (χ3n) is 2.88. The van der Waals surface area contributed by atoms with Crippen molar-refractivity contribution < 1.29 is 21.9 Å². The standard InChI is InChI=1S/C15H14F2N2O3S/c1-11(13-9-5-6-10-14(13)22-15(16)17)18-19-23(20,21)12-7-3-2-4-8-12/h2-10,15,19H,1H3/b18-11+. The summed E-state index contributed by atoms with van der Waals surface area (Å²) in [7, 11) is -3.83. The summed E-state index contributed by atoms with van der Waals surface area (Å²) in [6.07, 6.45) is 0. The summed E-state index contributed by atoms with van der Waals surface area (Å²) < 4.78 is 53.3. The van der Waals surface area contributed by atoms with Crippen LogP contribution in [0.4, 0.5) is 8.78 Å².